The fraction of sp³-hybridized carbons (Fsp3) is 0.571. The van der Waals surface area contributed by atoms with E-state index in [1.165, 1.54) is 36.1 Å². The van der Waals surface area contributed by atoms with Crippen LogP contribution in [-0.4, -0.2) is 24.5 Å². The van der Waals surface area contributed by atoms with Crippen LogP contribution in [0.2, 0.25) is 0 Å². The van der Waals surface area contributed by atoms with E-state index in [4.69, 9.17) is 0 Å². The minimum atomic E-state index is 0.634. The maximum Gasteiger partial charge on any atom is 0.0353 e. The van der Waals surface area contributed by atoms with Crippen molar-refractivity contribution in [2.45, 2.75) is 39.2 Å². The number of likely N-dealkylation sites (N-methyl/N-ethyl adjacent to an activating group) is 1. The van der Waals surface area contributed by atoms with Gasteiger partial charge in [0.2, 0.25) is 0 Å². The molecular weight excluding hydrogens is 182 g/mol. The van der Waals surface area contributed by atoms with Gasteiger partial charge in [-0.05, 0) is 37.5 Å². The third-order valence-electron chi connectivity index (χ3n) is 3.29. The molecule has 1 fully saturated rings. The Labute approximate surface area is 94.2 Å². The molecule has 0 aromatic rings. The maximum atomic E-state index is 4.14. The van der Waals surface area contributed by atoms with Crippen LogP contribution in [0.3, 0.4) is 0 Å². The minimum absolute atomic E-state index is 0.634. The van der Waals surface area contributed by atoms with Crippen LogP contribution in [0.5, 0.6) is 0 Å². The molecule has 1 aliphatic carbocycles. The molecule has 1 heteroatoms. The highest BCUT2D eigenvalue weighted by molar-refractivity contribution is 5.46. The summed E-state index contributed by atoms with van der Waals surface area (Å²) in [7, 11) is 2.21. The Hall–Kier alpha value is -0.820. The lowest BCUT2D eigenvalue weighted by Crippen LogP contribution is -2.35. The summed E-state index contributed by atoms with van der Waals surface area (Å²) >= 11 is 0. The molecule has 2 aliphatic rings. The summed E-state index contributed by atoms with van der Waals surface area (Å²) in [6.07, 6.45) is 5.58. The average molecular weight is 205 g/mol. The zero-order valence-electron chi connectivity index (χ0n) is 10.3. The van der Waals surface area contributed by atoms with Gasteiger partial charge in [0.05, 0.1) is 0 Å². The first-order valence-corrected chi connectivity index (χ1v) is 5.98. The van der Waals surface area contributed by atoms with Gasteiger partial charge in [0.15, 0.2) is 0 Å². The van der Waals surface area contributed by atoms with E-state index in [1.807, 2.05) is 19.9 Å². The second-order valence-electron chi connectivity index (χ2n) is 4.03. The highest BCUT2D eigenvalue weighted by Gasteiger charge is 2.32. The van der Waals surface area contributed by atoms with E-state index in [2.05, 4.69) is 25.1 Å². The van der Waals surface area contributed by atoms with Crippen molar-refractivity contribution in [3.05, 3.63) is 36.0 Å². The molecule has 84 valence electrons. The van der Waals surface area contributed by atoms with Gasteiger partial charge in [0.1, 0.15) is 0 Å². The number of allylic oxidation sites excluding steroid dienone is 1. The van der Waals surface area contributed by atoms with Crippen molar-refractivity contribution in [3.63, 3.8) is 0 Å². The first kappa shape index (κ1) is 12.3. The predicted molar refractivity (Wildman–Crippen MR) is 68.0 cm³/mol. The normalized spacial score (nSPS) is 25.8. The van der Waals surface area contributed by atoms with Crippen molar-refractivity contribution < 1.29 is 0 Å². The SMILES string of the molecule is C=CC1=C2C(=C)CCC2N(C)CC1.CC. The topological polar surface area (TPSA) is 3.24 Å². The van der Waals surface area contributed by atoms with Gasteiger partial charge in [-0.25, -0.2) is 0 Å². The van der Waals surface area contributed by atoms with Gasteiger partial charge >= 0.3 is 0 Å². The maximum absolute atomic E-state index is 4.14. The highest BCUT2D eigenvalue weighted by Crippen LogP contribution is 2.38. The van der Waals surface area contributed by atoms with Crippen molar-refractivity contribution in [1.82, 2.24) is 4.90 Å². The molecule has 0 aromatic heterocycles. The van der Waals surface area contributed by atoms with Crippen molar-refractivity contribution in [1.29, 1.82) is 0 Å². The van der Waals surface area contributed by atoms with Gasteiger partial charge in [-0.2, -0.15) is 0 Å². The van der Waals surface area contributed by atoms with E-state index in [0.29, 0.717) is 6.04 Å². The van der Waals surface area contributed by atoms with E-state index in [0.717, 1.165) is 6.42 Å². The van der Waals surface area contributed by atoms with Gasteiger partial charge in [-0.3, -0.25) is 4.90 Å². The molecule has 1 aliphatic heterocycles. The summed E-state index contributed by atoms with van der Waals surface area (Å²) in [5, 5.41) is 0. The van der Waals surface area contributed by atoms with Gasteiger partial charge in [0, 0.05) is 12.6 Å². The van der Waals surface area contributed by atoms with Crippen molar-refractivity contribution in [2.24, 2.45) is 0 Å². The van der Waals surface area contributed by atoms with E-state index < -0.39 is 0 Å². The molecule has 0 radical (unpaired) electrons. The largest absolute Gasteiger partial charge is 0.299 e. The molecule has 0 spiro atoms. The number of rotatable bonds is 1. The van der Waals surface area contributed by atoms with Crippen LogP contribution in [0.25, 0.3) is 0 Å². The van der Waals surface area contributed by atoms with Crippen LogP contribution < -0.4 is 0 Å². The average Bonchev–Trinajstić information content (AvgIpc) is 2.66. The standard InChI is InChI=1S/C12H17N.C2H6/c1-4-10-7-8-13(3)11-6-5-9(2)12(10)11;1-2/h4,11H,1-2,5-8H2,3H3;1-2H3. The predicted octanol–water partition coefficient (Wildman–Crippen LogP) is 3.55. The third kappa shape index (κ3) is 2.23. The summed E-state index contributed by atoms with van der Waals surface area (Å²) in [6, 6.07) is 0.634. The Morgan fingerprint density at radius 1 is 1.33 bits per heavy atom. The van der Waals surface area contributed by atoms with Crippen LogP contribution in [0.15, 0.2) is 36.0 Å². The van der Waals surface area contributed by atoms with E-state index in [-0.39, 0.29) is 0 Å². The molecule has 0 N–H and O–H groups in total. The van der Waals surface area contributed by atoms with Crippen molar-refractivity contribution in [2.75, 3.05) is 13.6 Å². The molecule has 2 rings (SSSR count). The molecule has 1 saturated carbocycles. The molecule has 15 heavy (non-hydrogen) atoms. The van der Waals surface area contributed by atoms with Crippen molar-refractivity contribution >= 4 is 0 Å². The lowest BCUT2D eigenvalue weighted by molar-refractivity contribution is 0.265. The summed E-state index contributed by atoms with van der Waals surface area (Å²) in [6.45, 7) is 13.2. The molecule has 0 saturated heterocycles. The number of hydrogen-bond donors (Lipinski definition) is 0. The summed E-state index contributed by atoms with van der Waals surface area (Å²) < 4.78 is 0. The van der Waals surface area contributed by atoms with Gasteiger partial charge in [-0.15, -0.1) is 0 Å². The number of hydrogen-bond acceptors (Lipinski definition) is 1. The van der Waals surface area contributed by atoms with Crippen LogP contribution >= 0.6 is 0 Å². The molecule has 1 nitrogen and oxygen atoms in total. The molecule has 0 aromatic carbocycles. The Kier molecular flexibility index (Phi) is 4.34. The zero-order chi connectivity index (χ0) is 11.4. The molecular formula is C14H23N. The second kappa shape index (κ2) is 5.32. The smallest absolute Gasteiger partial charge is 0.0353 e. The fourth-order valence-corrected chi connectivity index (χ4v) is 2.51. The Morgan fingerprint density at radius 2 is 2.00 bits per heavy atom. The van der Waals surface area contributed by atoms with E-state index in [9.17, 15) is 0 Å². The highest BCUT2D eigenvalue weighted by atomic mass is 15.1. The fourth-order valence-electron chi connectivity index (χ4n) is 2.51. The second-order valence-corrected chi connectivity index (χ2v) is 4.03. The van der Waals surface area contributed by atoms with E-state index in [1.54, 1.807) is 0 Å². The lowest BCUT2D eigenvalue weighted by Gasteiger charge is -2.31. The summed E-state index contributed by atoms with van der Waals surface area (Å²) in [5.74, 6) is 0. The Bertz CT molecular complexity index is 286. The van der Waals surface area contributed by atoms with Crippen LogP contribution in [0.1, 0.15) is 33.1 Å². The summed E-state index contributed by atoms with van der Waals surface area (Å²) in [5.41, 5.74) is 4.26. The van der Waals surface area contributed by atoms with E-state index >= 15 is 0 Å². The first-order valence-electron chi connectivity index (χ1n) is 5.98. The third-order valence-corrected chi connectivity index (χ3v) is 3.29. The molecule has 1 heterocycles. The zero-order valence-corrected chi connectivity index (χ0v) is 10.3. The molecule has 0 bridgehead atoms. The monoisotopic (exact) mass is 205 g/mol. The van der Waals surface area contributed by atoms with Gasteiger partial charge in [0.25, 0.3) is 0 Å². The number of fused-ring (bicyclic) bond motifs is 1. The lowest BCUT2D eigenvalue weighted by atomic mass is 9.94. The minimum Gasteiger partial charge on any atom is -0.299 e. The van der Waals surface area contributed by atoms with Crippen LogP contribution in [0.4, 0.5) is 0 Å². The quantitative estimate of drug-likeness (QED) is 0.633. The van der Waals surface area contributed by atoms with Gasteiger partial charge in [-0.1, -0.05) is 38.7 Å². The summed E-state index contributed by atoms with van der Waals surface area (Å²) in [4.78, 5) is 2.44. The molecule has 1 unspecified atom stereocenters. The first-order chi connectivity index (χ1) is 7.24. The Balaban J connectivity index is 0.000000531. The molecule has 1 atom stereocenters. The molecule has 0 amide bonds. The number of nitrogens with zero attached hydrogens (tertiary/aromatic N) is 1. The Morgan fingerprint density at radius 3 is 2.60 bits per heavy atom. The van der Waals surface area contributed by atoms with Crippen LogP contribution in [-0.2, 0) is 0 Å². The van der Waals surface area contributed by atoms with Crippen LogP contribution in [0, 0.1) is 0 Å². The van der Waals surface area contributed by atoms with Gasteiger partial charge < -0.3 is 0 Å². The van der Waals surface area contributed by atoms with Crippen molar-refractivity contribution in [3.8, 4) is 0 Å².